The van der Waals surface area contributed by atoms with E-state index in [4.69, 9.17) is 4.74 Å². The molecule has 1 aliphatic rings. The molecule has 0 bridgehead atoms. The van der Waals surface area contributed by atoms with Crippen molar-refractivity contribution in [2.24, 2.45) is 0 Å². The van der Waals surface area contributed by atoms with E-state index >= 15 is 0 Å². The van der Waals surface area contributed by atoms with Gasteiger partial charge in [-0.1, -0.05) is 60.7 Å². The van der Waals surface area contributed by atoms with Crippen LogP contribution >= 0.6 is 0 Å². The monoisotopic (exact) mass is 309 g/mol. The van der Waals surface area contributed by atoms with Crippen molar-refractivity contribution in [1.82, 2.24) is 4.90 Å². The second-order valence-electron chi connectivity index (χ2n) is 5.72. The molecule has 2 unspecified atom stereocenters. The summed E-state index contributed by atoms with van der Waals surface area (Å²) in [4.78, 5) is 25.7. The highest BCUT2D eigenvalue weighted by Gasteiger charge is 2.52. The Labute approximate surface area is 135 Å². The first-order chi connectivity index (χ1) is 11.1. The fraction of sp³-hybridized carbons (Fsp3) is 0.263. The number of β-lactam (4-membered cyclic amide) rings is 1. The highest BCUT2D eigenvalue weighted by atomic mass is 16.6. The number of likely N-dealkylation sites (tertiary alicyclic amines) is 1. The van der Waals surface area contributed by atoms with Crippen LogP contribution in [0.5, 0.6) is 0 Å². The van der Waals surface area contributed by atoms with Gasteiger partial charge in [0.15, 0.2) is 0 Å². The summed E-state index contributed by atoms with van der Waals surface area (Å²) >= 11 is 0. The van der Waals surface area contributed by atoms with Gasteiger partial charge >= 0.3 is 5.97 Å². The number of hydrogen-bond donors (Lipinski definition) is 0. The van der Waals surface area contributed by atoms with Crippen molar-refractivity contribution in [3.8, 4) is 0 Å². The maximum atomic E-state index is 12.5. The molecule has 0 spiro atoms. The van der Waals surface area contributed by atoms with E-state index in [2.05, 4.69) is 0 Å². The molecule has 0 aromatic heterocycles. The molecule has 118 valence electrons. The molecule has 1 fully saturated rings. The van der Waals surface area contributed by atoms with Crippen molar-refractivity contribution < 1.29 is 14.3 Å². The smallest absolute Gasteiger partial charge is 0.303 e. The minimum atomic E-state index is -0.735. The van der Waals surface area contributed by atoms with E-state index in [9.17, 15) is 9.59 Å². The molecule has 1 aliphatic heterocycles. The van der Waals surface area contributed by atoms with Gasteiger partial charge in [0.05, 0.1) is 6.04 Å². The molecule has 0 aliphatic carbocycles. The van der Waals surface area contributed by atoms with Gasteiger partial charge in [-0.05, 0) is 18.1 Å². The van der Waals surface area contributed by atoms with E-state index < -0.39 is 12.1 Å². The second-order valence-corrected chi connectivity index (χ2v) is 5.72. The summed E-state index contributed by atoms with van der Waals surface area (Å²) < 4.78 is 5.25. The Bertz CT molecular complexity index is 699. The van der Waals surface area contributed by atoms with Crippen LogP contribution in [0.4, 0.5) is 0 Å². The fourth-order valence-corrected chi connectivity index (χ4v) is 3.09. The largest absolute Gasteiger partial charge is 0.450 e. The number of rotatable bonds is 4. The Hall–Kier alpha value is -2.62. The summed E-state index contributed by atoms with van der Waals surface area (Å²) in [6.07, 6.45) is -0.735. The van der Waals surface area contributed by atoms with E-state index in [1.165, 1.54) is 6.92 Å². The van der Waals surface area contributed by atoms with Crippen molar-refractivity contribution in [3.05, 3.63) is 71.8 Å². The van der Waals surface area contributed by atoms with Crippen LogP contribution in [0.15, 0.2) is 60.7 Å². The summed E-state index contributed by atoms with van der Waals surface area (Å²) in [6.45, 7) is 3.33. The summed E-state index contributed by atoms with van der Waals surface area (Å²) in [6, 6.07) is 19.2. The molecule has 0 saturated carbocycles. The van der Waals surface area contributed by atoms with Gasteiger partial charge in [-0.15, -0.1) is 0 Å². The highest BCUT2D eigenvalue weighted by molar-refractivity contribution is 5.91. The predicted octanol–water partition coefficient (Wildman–Crippen LogP) is 3.26. The van der Waals surface area contributed by atoms with Gasteiger partial charge in [0.1, 0.15) is 6.04 Å². The average molecular weight is 309 g/mol. The Morgan fingerprint density at radius 1 is 1.04 bits per heavy atom. The van der Waals surface area contributed by atoms with E-state index in [1.54, 1.807) is 4.90 Å². The molecule has 2 aromatic carbocycles. The summed E-state index contributed by atoms with van der Waals surface area (Å²) in [7, 11) is 0. The lowest BCUT2D eigenvalue weighted by Crippen LogP contribution is -2.60. The fourth-order valence-electron chi connectivity index (χ4n) is 3.09. The number of carbonyl (C=O) groups excluding carboxylic acids is 2. The van der Waals surface area contributed by atoms with E-state index in [1.807, 2.05) is 67.6 Å². The number of hydrogen-bond acceptors (Lipinski definition) is 3. The first kappa shape index (κ1) is 15.3. The number of benzene rings is 2. The maximum Gasteiger partial charge on any atom is 0.303 e. The summed E-state index contributed by atoms with van der Waals surface area (Å²) in [5, 5.41) is 0. The number of esters is 1. The molecule has 3 rings (SSSR count). The second kappa shape index (κ2) is 6.24. The lowest BCUT2D eigenvalue weighted by molar-refractivity contribution is -0.186. The van der Waals surface area contributed by atoms with E-state index in [-0.39, 0.29) is 18.0 Å². The van der Waals surface area contributed by atoms with Crippen LogP contribution in [0.3, 0.4) is 0 Å². The van der Waals surface area contributed by atoms with Gasteiger partial charge in [-0.2, -0.15) is 0 Å². The van der Waals surface area contributed by atoms with Crippen LogP contribution in [0, 0.1) is 0 Å². The van der Waals surface area contributed by atoms with Gasteiger partial charge in [0, 0.05) is 6.92 Å². The van der Waals surface area contributed by atoms with E-state index in [0.29, 0.717) is 0 Å². The first-order valence-electron chi connectivity index (χ1n) is 7.69. The van der Waals surface area contributed by atoms with Crippen molar-refractivity contribution in [2.45, 2.75) is 32.0 Å². The molecular formula is C19H19NO3. The third-order valence-corrected chi connectivity index (χ3v) is 4.22. The number of nitrogens with zero attached hydrogens (tertiary/aromatic N) is 1. The maximum absolute atomic E-state index is 12.5. The van der Waals surface area contributed by atoms with Crippen LogP contribution in [-0.2, 0) is 14.3 Å². The number of ether oxygens (including phenoxy) is 1. The molecule has 1 amide bonds. The lowest BCUT2D eigenvalue weighted by Gasteiger charge is -2.49. The lowest BCUT2D eigenvalue weighted by atomic mass is 9.87. The van der Waals surface area contributed by atoms with Gasteiger partial charge in [-0.3, -0.25) is 9.59 Å². The molecule has 1 heterocycles. The Morgan fingerprint density at radius 3 is 2.17 bits per heavy atom. The Morgan fingerprint density at radius 2 is 1.61 bits per heavy atom. The normalized spacial score (nSPS) is 21.5. The molecule has 1 saturated heterocycles. The van der Waals surface area contributed by atoms with Gasteiger partial charge < -0.3 is 9.64 Å². The summed E-state index contributed by atoms with van der Waals surface area (Å²) in [5.41, 5.74) is 2.03. The van der Waals surface area contributed by atoms with Gasteiger partial charge in [-0.25, -0.2) is 0 Å². The van der Waals surface area contributed by atoms with Crippen LogP contribution in [0.1, 0.15) is 37.1 Å². The molecule has 3 atom stereocenters. The minimum absolute atomic E-state index is 0.0827. The van der Waals surface area contributed by atoms with Crippen LogP contribution in [0.2, 0.25) is 0 Å². The highest BCUT2D eigenvalue weighted by Crippen LogP contribution is 2.43. The average Bonchev–Trinajstić information content (AvgIpc) is 2.58. The zero-order valence-corrected chi connectivity index (χ0v) is 13.2. The van der Waals surface area contributed by atoms with Crippen LogP contribution in [0.25, 0.3) is 0 Å². The van der Waals surface area contributed by atoms with Gasteiger partial charge in [0.25, 0.3) is 5.91 Å². The topological polar surface area (TPSA) is 46.6 Å². The van der Waals surface area contributed by atoms with Crippen LogP contribution in [-0.4, -0.2) is 22.9 Å². The molecule has 0 N–H and O–H groups in total. The standard InChI is InChI=1S/C19H19NO3/c1-13(15-9-5-3-6-10-15)20-17(16-11-7-4-8-12-16)18(19(20)22)23-14(2)21/h3-13,17-18H,1-2H3/t13-,17?,18?/m0/s1. The zero-order valence-electron chi connectivity index (χ0n) is 13.2. The molecule has 4 heteroatoms. The van der Waals surface area contributed by atoms with Gasteiger partial charge in [0.2, 0.25) is 6.10 Å². The summed E-state index contributed by atoms with van der Waals surface area (Å²) in [5.74, 6) is -0.582. The predicted molar refractivity (Wildman–Crippen MR) is 86.4 cm³/mol. The van der Waals surface area contributed by atoms with Crippen LogP contribution < -0.4 is 0 Å². The molecule has 2 aromatic rings. The third-order valence-electron chi connectivity index (χ3n) is 4.22. The van der Waals surface area contributed by atoms with Crippen molar-refractivity contribution in [1.29, 1.82) is 0 Å². The molecule has 4 nitrogen and oxygen atoms in total. The quantitative estimate of drug-likeness (QED) is 0.643. The number of amides is 1. The van der Waals surface area contributed by atoms with Crippen molar-refractivity contribution in [2.75, 3.05) is 0 Å². The first-order valence-corrected chi connectivity index (χ1v) is 7.69. The Balaban J connectivity index is 1.92. The van der Waals surface area contributed by atoms with Crippen molar-refractivity contribution in [3.63, 3.8) is 0 Å². The number of carbonyl (C=O) groups is 2. The SMILES string of the molecule is CC(=O)OC1C(=O)N([C@@H](C)c2ccccc2)C1c1ccccc1. The Kier molecular flexibility index (Phi) is 4.15. The minimum Gasteiger partial charge on any atom is -0.450 e. The van der Waals surface area contributed by atoms with E-state index in [0.717, 1.165) is 11.1 Å². The molecule has 23 heavy (non-hydrogen) atoms. The molecular weight excluding hydrogens is 290 g/mol. The zero-order chi connectivity index (χ0) is 16.4. The third kappa shape index (κ3) is 2.84. The molecule has 0 radical (unpaired) electrons. The van der Waals surface area contributed by atoms with Crippen molar-refractivity contribution >= 4 is 11.9 Å².